The molecule has 0 radical (unpaired) electrons. The van der Waals surface area contributed by atoms with E-state index in [1.807, 2.05) is 29.6 Å². The summed E-state index contributed by atoms with van der Waals surface area (Å²) in [5.74, 6) is 1.23. The number of anilines is 1. The van der Waals surface area contributed by atoms with Crippen LogP contribution in [0.3, 0.4) is 0 Å². The molecule has 2 aromatic heterocycles. The normalized spacial score (nSPS) is 10.9. The predicted octanol–water partition coefficient (Wildman–Crippen LogP) is 4.21. The second-order valence-electron chi connectivity index (χ2n) is 6.02. The van der Waals surface area contributed by atoms with Crippen molar-refractivity contribution in [1.29, 1.82) is 0 Å². The van der Waals surface area contributed by atoms with Gasteiger partial charge in [0.15, 0.2) is 11.5 Å². The molecule has 0 fully saturated rings. The highest BCUT2D eigenvalue weighted by atomic mass is 32.1. The highest BCUT2D eigenvalue weighted by Crippen LogP contribution is 2.31. The van der Waals surface area contributed by atoms with Gasteiger partial charge < -0.3 is 10.5 Å². The van der Waals surface area contributed by atoms with E-state index in [4.69, 9.17) is 15.5 Å². The van der Waals surface area contributed by atoms with Gasteiger partial charge >= 0.3 is 0 Å². The number of rotatable bonds is 5. The highest BCUT2D eigenvalue weighted by Gasteiger charge is 2.17. The van der Waals surface area contributed by atoms with Gasteiger partial charge in [0.25, 0.3) is 0 Å². The molecule has 0 aliphatic carbocycles. The summed E-state index contributed by atoms with van der Waals surface area (Å²) in [5.41, 5.74) is 11.0. The number of nitrogen functional groups attached to an aromatic ring is 1. The molecule has 2 heterocycles. The van der Waals surface area contributed by atoms with E-state index in [1.54, 1.807) is 11.8 Å². The number of ether oxygens (including phenoxy) is 1. The molecule has 0 aliphatic heterocycles. The Hall–Kier alpha value is -3.19. The van der Waals surface area contributed by atoms with Crippen LogP contribution in [0.5, 0.6) is 5.75 Å². The molecule has 0 aliphatic rings. The van der Waals surface area contributed by atoms with Crippen molar-refractivity contribution in [2.24, 2.45) is 0 Å². The van der Waals surface area contributed by atoms with Crippen molar-refractivity contribution in [3.63, 3.8) is 0 Å². The summed E-state index contributed by atoms with van der Waals surface area (Å²) in [6.07, 6.45) is 1.02. The Balaban J connectivity index is 1.64. The maximum atomic E-state index is 6.30. The smallest absolute Gasteiger partial charge is 0.165 e. The number of aryl methyl sites for hydroxylation is 1. The van der Waals surface area contributed by atoms with Gasteiger partial charge in [-0.15, -0.1) is 16.4 Å². The first kappa shape index (κ1) is 17.2. The molecule has 27 heavy (non-hydrogen) atoms. The number of benzene rings is 2. The van der Waals surface area contributed by atoms with E-state index >= 15 is 0 Å². The van der Waals surface area contributed by atoms with Gasteiger partial charge in [-0.3, -0.25) is 0 Å². The average molecular weight is 377 g/mol. The van der Waals surface area contributed by atoms with E-state index in [0.717, 1.165) is 34.1 Å². The minimum Gasteiger partial charge on any atom is -0.497 e. The molecular formula is C20H19N5OS. The summed E-state index contributed by atoms with van der Waals surface area (Å²) in [7, 11) is 1.63. The van der Waals surface area contributed by atoms with Gasteiger partial charge in [-0.2, -0.15) is 4.68 Å². The van der Waals surface area contributed by atoms with Gasteiger partial charge in [0, 0.05) is 10.9 Å². The molecule has 0 saturated carbocycles. The van der Waals surface area contributed by atoms with Gasteiger partial charge in [0.05, 0.1) is 18.5 Å². The fourth-order valence-electron chi connectivity index (χ4n) is 2.78. The van der Waals surface area contributed by atoms with Crippen molar-refractivity contribution in [2.45, 2.75) is 13.3 Å². The van der Waals surface area contributed by atoms with Gasteiger partial charge in [0.1, 0.15) is 10.8 Å². The Bertz CT molecular complexity index is 1050. The Kier molecular flexibility index (Phi) is 4.60. The summed E-state index contributed by atoms with van der Waals surface area (Å²) >= 11 is 1.51. The van der Waals surface area contributed by atoms with Crippen molar-refractivity contribution in [2.75, 3.05) is 12.8 Å². The topological polar surface area (TPSA) is 78.8 Å². The summed E-state index contributed by atoms with van der Waals surface area (Å²) in [4.78, 5) is 4.70. The van der Waals surface area contributed by atoms with E-state index in [-0.39, 0.29) is 0 Å². The second kappa shape index (κ2) is 7.20. The second-order valence-corrected chi connectivity index (χ2v) is 6.88. The molecule has 6 nitrogen and oxygen atoms in total. The molecule has 0 atom stereocenters. The predicted molar refractivity (Wildman–Crippen MR) is 108 cm³/mol. The summed E-state index contributed by atoms with van der Waals surface area (Å²) < 4.78 is 6.79. The van der Waals surface area contributed by atoms with Crippen LogP contribution in [-0.4, -0.2) is 27.1 Å². The molecule has 0 spiro atoms. The summed E-state index contributed by atoms with van der Waals surface area (Å²) in [5, 5.41) is 11.2. The van der Waals surface area contributed by atoms with Crippen LogP contribution in [0.4, 0.5) is 5.82 Å². The van der Waals surface area contributed by atoms with E-state index in [0.29, 0.717) is 11.5 Å². The number of hydrogen-bond donors (Lipinski definition) is 1. The number of thiazole rings is 1. The molecule has 0 bridgehead atoms. The molecule has 0 saturated heterocycles. The van der Waals surface area contributed by atoms with Crippen LogP contribution < -0.4 is 10.5 Å². The van der Waals surface area contributed by atoms with Crippen molar-refractivity contribution < 1.29 is 4.74 Å². The summed E-state index contributed by atoms with van der Waals surface area (Å²) in [6, 6.07) is 15.9. The van der Waals surface area contributed by atoms with Crippen LogP contribution in [0, 0.1) is 0 Å². The zero-order chi connectivity index (χ0) is 18.8. The third-order valence-corrected chi connectivity index (χ3v) is 5.24. The third-order valence-electron chi connectivity index (χ3n) is 4.39. The fraction of sp³-hybridized carbons (Fsp3) is 0.150. The average Bonchev–Trinajstić information content (AvgIpc) is 3.35. The Morgan fingerprint density at radius 1 is 1.07 bits per heavy atom. The van der Waals surface area contributed by atoms with E-state index in [9.17, 15) is 0 Å². The van der Waals surface area contributed by atoms with Crippen molar-refractivity contribution in [3.8, 4) is 33.4 Å². The Labute approximate surface area is 161 Å². The lowest BCUT2D eigenvalue weighted by Gasteiger charge is -2.04. The van der Waals surface area contributed by atoms with E-state index < -0.39 is 0 Å². The first-order valence-corrected chi connectivity index (χ1v) is 9.48. The van der Waals surface area contributed by atoms with E-state index in [2.05, 4.69) is 41.5 Å². The van der Waals surface area contributed by atoms with Crippen LogP contribution in [0.2, 0.25) is 0 Å². The number of nitrogens with two attached hydrogens (primary N) is 1. The summed E-state index contributed by atoms with van der Waals surface area (Å²) in [6.45, 7) is 2.14. The lowest BCUT2D eigenvalue weighted by molar-refractivity contribution is 0.414. The highest BCUT2D eigenvalue weighted by molar-refractivity contribution is 7.13. The maximum absolute atomic E-state index is 6.30. The first-order chi connectivity index (χ1) is 13.2. The number of nitrogens with zero attached hydrogens (tertiary/aromatic N) is 4. The SMILES string of the molecule is CCc1ccc(-c2csc(-c3nnn(-c4ccc(OC)cc4)c3N)n2)cc1. The molecule has 136 valence electrons. The number of hydrogen-bond acceptors (Lipinski definition) is 6. The van der Waals surface area contributed by atoms with Crippen molar-refractivity contribution in [1.82, 2.24) is 20.0 Å². The molecule has 4 rings (SSSR count). The van der Waals surface area contributed by atoms with Gasteiger partial charge in [-0.25, -0.2) is 4.98 Å². The zero-order valence-electron chi connectivity index (χ0n) is 15.1. The van der Waals surface area contributed by atoms with Gasteiger partial charge in [-0.1, -0.05) is 36.4 Å². The molecule has 0 amide bonds. The molecular weight excluding hydrogens is 358 g/mol. The largest absolute Gasteiger partial charge is 0.497 e. The van der Waals surface area contributed by atoms with E-state index in [1.165, 1.54) is 16.9 Å². The number of methoxy groups -OCH3 is 1. The lowest BCUT2D eigenvalue weighted by atomic mass is 10.1. The van der Waals surface area contributed by atoms with Crippen LogP contribution in [0.25, 0.3) is 27.6 Å². The van der Waals surface area contributed by atoms with Crippen LogP contribution in [0.15, 0.2) is 53.9 Å². The first-order valence-electron chi connectivity index (χ1n) is 8.60. The standard InChI is InChI=1S/C20H19N5OS/c1-3-13-4-6-14(7-5-13)17-12-27-20(22-17)18-19(21)25(24-23-18)15-8-10-16(26-2)11-9-15/h4-12H,3,21H2,1-2H3. The quantitative estimate of drug-likeness (QED) is 0.563. The van der Waals surface area contributed by atoms with Crippen LogP contribution in [0.1, 0.15) is 12.5 Å². The third kappa shape index (κ3) is 3.29. The molecule has 7 heteroatoms. The molecule has 2 aromatic carbocycles. The molecule has 0 unspecified atom stereocenters. The Morgan fingerprint density at radius 3 is 2.48 bits per heavy atom. The van der Waals surface area contributed by atoms with Crippen LogP contribution >= 0.6 is 11.3 Å². The Morgan fingerprint density at radius 2 is 1.81 bits per heavy atom. The lowest BCUT2D eigenvalue weighted by Crippen LogP contribution is -2.02. The monoisotopic (exact) mass is 377 g/mol. The minimum absolute atomic E-state index is 0.461. The van der Waals surface area contributed by atoms with Gasteiger partial charge in [0.2, 0.25) is 0 Å². The zero-order valence-corrected chi connectivity index (χ0v) is 15.9. The van der Waals surface area contributed by atoms with Crippen LogP contribution in [-0.2, 0) is 6.42 Å². The molecule has 4 aromatic rings. The molecule has 2 N–H and O–H groups in total. The minimum atomic E-state index is 0.461. The number of aromatic nitrogens is 4. The maximum Gasteiger partial charge on any atom is 0.165 e. The van der Waals surface area contributed by atoms with Crippen molar-refractivity contribution in [3.05, 3.63) is 59.5 Å². The van der Waals surface area contributed by atoms with Gasteiger partial charge in [-0.05, 0) is 36.2 Å². The fourth-order valence-corrected chi connectivity index (χ4v) is 3.60. The van der Waals surface area contributed by atoms with Crippen molar-refractivity contribution >= 4 is 17.2 Å².